The Bertz CT molecular complexity index is 432. The number of aromatic nitrogens is 1. The van der Waals surface area contributed by atoms with E-state index in [9.17, 15) is 4.79 Å². The predicted molar refractivity (Wildman–Crippen MR) is 75.5 cm³/mol. The SMILES string of the molecule is Cc1cc(Br)cn(CCCNC(C)(C)C)c1=O. The highest BCUT2D eigenvalue weighted by molar-refractivity contribution is 9.10. The highest BCUT2D eigenvalue weighted by Crippen LogP contribution is 2.08. The van der Waals surface area contributed by atoms with Gasteiger partial charge < -0.3 is 9.88 Å². The number of hydrogen-bond donors (Lipinski definition) is 1. The smallest absolute Gasteiger partial charge is 0.253 e. The molecular weight excluding hydrogens is 280 g/mol. The number of hydrogen-bond acceptors (Lipinski definition) is 2. The summed E-state index contributed by atoms with van der Waals surface area (Å²) in [6.07, 6.45) is 2.81. The van der Waals surface area contributed by atoms with Crippen molar-refractivity contribution in [2.75, 3.05) is 6.54 Å². The van der Waals surface area contributed by atoms with Gasteiger partial charge in [0.15, 0.2) is 0 Å². The Balaban J connectivity index is 2.56. The van der Waals surface area contributed by atoms with E-state index in [1.165, 1.54) is 0 Å². The van der Waals surface area contributed by atoms with Gasteiger partial charge in [0.25, 0.3) is 5.56 Å². The van der Waals surface area contributed by atoms with E-state index >= 15 is 0 Å². The molecule has 0 aromatic carbocycles. The van der Waals surface area contributed by atoms with Crippen LogP contribution in [0.2, 0.25) is 0 Å². The molecule has 0 aliphatic rings. The largest absolute Gasteiger partial charge is 0.314 e. The summed E-state index contributed by atoms with van der Waals surface area (Å²) in [4.78, 5) is 11.8. The van der Waals surface area contributed by atoms with Crippen molar-refractivity contribution in [1.82, 2.24) is 9.88 Å². The van der Waals surface area contributed by atoms with Gasteiger partial charge in [-0.05, 0) is 62.7 Å². The van der Waals surface area contributed by atoms with Crippen LogP contribution < -0.4 is 10.9 Å². The minimum Gasteiger partial charge on any atom is -0.314 e. The topological polar surface area (TPSA) is 34.0 Å². The van der Waals surface area contributed by atoms with Crippen LogP contribution in [-0.2, 0) is 6.54 Å². The van der Waals surface area contributed by atoms with Gasteiger partial charge in [0, 0.05) is 28.3 Å². The first-order valence-corrected chi connectivity index (χ1v) is 6.70. The Kier molecular flexibility index (Phi) is 4.95. The fourth-order valence-electron chi connectivity index (χ4n) is 1.62. The lowest BCUT2D eigenvalue weighted by molar-refractivity contribution is 0.412. The summed E-state index contributed by atoms with van der Waals surface area (Å²) < 4.78 is 2.72. The van der Waals surface area contributed by atoms with E-state index < -0.39 is 0 Å². The van der Waals surface area contributed by atoms with Crippen molar-refractivity contribution >= 4 is 15.9 Å². The second-order valence-electron chi connectivity index (χ2n) is 5.37. The summed E-state index contributed by atoms with van der Waals surface area (Å²) in [6, 6.07) is 1.85. The third-order valence-corrected chi connectivity index (χ3v) is 2.90. The Morgan fingerprint density at radius 3 is 2.65 bits per heavy atom. The first kappa shape index (κ1) is 14.5. The molecular formula is C13H21BrN2O. The molecule has 0 fully saturated rings. The number of aryl methyl sites for hydroxylation is 2. The van der Waals surface area contributed by atoms with Crippen molar-refractivity contribution in [1.29, 1.82) is 0 Å². The predicted octanol–water partition coefficient (Wildman–Crippen LogP) is 2.70. The molecule has 4 heteroatoms. The second-order valence-corrected chi connectivity index (χ2v) is 6.29. The van der Waals surface area contributed by atoms with Crippen LogP contribution in [0.5, 0.6) is 0 Å². The summed E-state index contributed by atoms with van der Waals surface area (Å²) in [5.74, 6) is 0. The third-order valence-electron chi connectivity index (χ3n) is 2.46. The van der Waals surface area contributed by atoms with Crippen LogP contribution in [0.15, 0.2) is 21.5 Å². The average Bonchev–Trinajstić information content (AvgIpc) is 2.18. The van der Waals surface area contributed by atoms with Gasteiger partial charge in [-0.2, -0.15) is 0 Å². The highest BCUT2D eigenvalue weighted by Gasteiger charge is 2.07. The van der Waals surface area contributed by atoms with Gasteiger partial charge in [0.2, 0.25) is 0 Å². The van der Waals surface area contributed by atoms with E-state index in [-0.39, 0.29) is 11.1 Å². The lowest BCUT2D eigenvalue weighted by Gasteiger charge is -2.20. The molecule has 17 heavy (non-hydrogen) atoms. The van der Waals surface area contributed by atoms with Gasteiger partial charge in [-0.1, -0.05) is 0 Å². The standard InChI is InChI=1S/C13H21BrN2O/c1-10-8-11(14)9-16(12(10)17)7-5-6-15-13(2,3)4/h8-9,15H,5-7H2,1-4H3. The van der Waals surface area contributed by atoms with E-state index in [4.69, 9.17) is 0 Å². The molecule has 0 saturated carbocycles. The van der Waals surface area contributed by atoms with Gasteiger partial charge in [-0.25, -0.2) is 0 Å². The van der Waals surface area contributed by atoms with Gasteiger partial charge in [0.1, 0.15) is 0 Å². The van der Waals surface area contributed by atoms with Gasteiger partial charge in [-0.3, -0.25) is 4.79 Å². The highest BCUT2D eigenvalue weighted by atomic mass is 79.9. The Hall–Kier alpha value is -0.610. The van der Waals surface area contributed by atoms with Crippen molar-refractivity contribution in [3.63, 3.8) is 0 Å². The molecule has 0 atom stereocenters. The van der Waals surface area contributed by atoms with E-state index in [0.717, 1.165) is 29.5 Å². The summed E-state index contributed by atoms with van der Waals surface area (Å²) in [7, 11) is 0. The molecule has 1 rings (SSSR count). The number of rotatable bonds is 4. The summed E-state index contributed by atoms with van der Waals surface area (Å²) in [6.45, 7) is 9.94. The van der Waals surface area contributed by atoms with E-state index in [2.05, 4.69) is 42.0 Å². The first-order chi connectivity index (χ1) is 7.79. The molecule has 1 N–H and O–H groups in total. The quantitative estimate of drug-likeness (QED) is 0.868. The molecule has 1 heterocycles. The maximum atomic E-state index is 11.8. The average molecular weight is 301 g/mol. The second kappa shape index (κ2) is 5.83. The molecule has 0 radical (unpaired) electrons. The van der Waals surface area contributed by atoms with Crippen LogP contribution in [0, 0.1) is 6.92 Å². The van der Waals surface area contributed by atoms with Crippen LogP contribution in [-0.4, -0.2) is 16.7 Å². The van der Waals surface area contributed by atoms with E-state index in [0.29, 0.717) is 0 Å². The lowest BCUT2D eigenvalue weighted by Crippen LogP contribution is -2.37. The van der Waals surface area contributed by atoms with Crippen LogP contribution >= 0.6 is 15.9 Å². The summed E-state index contributed by atoms with van der Waals surface area (Å²) in [5.41, 5.74) is 1.02. The van der Waals surface area contributed by atoms with Crippen LogP contribution in [0.4, 0.5) is 0 Å². The molecule has 0 bridgehead atoms. The van der Waals surface area contributed by atoms with Crippen LogP contribution in [0.1, 0.15) is 32.8 Å². The fraction of sp³-hybridized carbons (Fsp3) is 0.615. The normalized spacial score (nSPS) is 11.8. The maximum Gasteiger partial charge on any atom is 0.253 e. The molecule has 0 unspecified atom stereocenters. The van der Waals surface area contributed by atoms with Gasteiger partial charge in [-0.15, -0.1) is 0 Å². The minimum absolute atomic E-state index is 0.101. The number of nitrogens with one attached hydrogen (secondary N) is 1. The van der Waals surface area contributed by atoms with Crippen molar-refractivity contribution in [2.45, 2.75) is 46.2 Å². The zero-order valence-electron chi connectivity index (χ0n) is 11.0. The molecule has 1 aromatic rings. The molecule has 0 saturated heterocycles. The summed E-state index contributed by atoms with van der Waals surface area (Å²) in [5, 5.41) is 3.41. The molecule has 0 aliphatic heterocycles. The minimum atomic E-state index is 0.101. The molecule has 3 nitrogen and oxygen atoms in total. The van der Waals surface area contributed by atoms with Crippen molar-refractivity contribution < 1.29 is 0 Å². The van der Waals surface area contributed by atoms with Crippen molar-refractivity contribution in [3.8, 4) is 0 Å². The summed E-state index contributed by atoms with van der Waals surface area (Å²) >= 11 is 3.41. The first-order valence-electron chi connectivity index (χ1n) is 5.91. The zero-order chi connectivity index (χ0) is 13.1. The molecule has 0 amide bonds. The molecule has 0 spiro atoms. The number of pyridine rings is 1. The maximum absolute atomic E-state index is 11.8. The third kappa shape index (κ3) is 5.04. The number of halogens is 1. The number of nitrogens with zero attached hydrogens (tertiary/aromatic N) is 1. The zero-order valence-corrected chi connectivity index (χ0v) is 12.6. The Morgan fingerprint density at radius 1 is 1.41 bits per heavy atom. The van der Waals surface area contributed by atoms with Crippen molar-refractivity contribution in [3.05, 3.63) is 32.7 Å². The van der Waals surface area contributed by atoms with Gasteiger partial charge in [0.05, 0.1) is 0 Å². The Labute approximate surface area is 111 Å². The van der Waals surface area contributed by atoms with Crippen molar-refractivity contribution in [2.24, 2.45) is 0 Å². The molecule has 96 valence electrons. The van der Waals surface area contributed by atoms with E-state index in [1.807, 2.05) is 19.2 Å². The molecule has 0 aliphatic carbocycles. The van der Waals surface area contributed by atoms with E-state index in [1.54, 1.807) is 4.57 Å². The van der Waals surface area contributed by atoms with Gasteiger partial charge >= 0.3 is 0 Å². The lowest BCUT2D eigenvalue weighted by atomic mass is 10.1. The molecule has 1 aromatic heterocycles. The van der Waals surface area contributed by atoms with Crippen LogP contribution in [0.3, 0.4) is 0 Å². The monoisotopic (exact) mass is 300 g/mol. The Morgan fingerprint density at radius 2 is 2.06 bits per heavy atom. The van der Waals surface area contributed by atoms with Crippen LogP contribution in [0.25, 0.3) is 0 Å². The fourth-order valence-corrected chi connectivity index (χ4v) is 2.21.